The molecule has 0 radical (unpaired) electrons. The number of rotatable bonds is 5. The van der Waals surface area contributed by atoms with E-state index in [0.29, 0.717) is 0 Å². The van der Waals surface area contributed by atoms with Crippen LogP contribution >= 0.6 is 0 Å². The van der Waals surface area contributed by atoms with Crippen LogP contribution in [0.1, 0.15) is 71.1 Å². The van der Waals surface area contributed by atoms with Crippen LogP contribution in [-0.2, 0) is 17.9 Å². The molecule has 0 aliphatic rings. The third-order valence-corrected chi connectivity index (χ3v) is 8.69. The highest BCUT2D eigenvalue weighted by Crippen LogP contribution is 2.33. The Kier molecular flexibility index (Phi) is 6.36. The summed E-state index contributed by atoms with van der Waals surface area (Å²) in [5.41, 5.74) is 7.46. The molecule has 0 atom stereocenters. The molecule has 2 rings (SSSR count). The maximum absolute atomic E-state index is 2.52. The summed E-state index contributed by atoms with van der Waals surface area (Å²) in [5, 5.41) is 1.62. The van der Waals surface area contributed by atoms with Gasteiger partial charge in [0.15, 0.2) is 6.20 Å². The smallest absolute Gasteiger partial charge is 0.201 e. The first-order valence-electron chi connectivity index (χ1n) is 10.9. The molecule has 0 aliphatic carbocycles. The highest BCUT2D eigenvalue weighted by Gasteiger charge is 2.34. The molecule has 0 aliphatic heterocycles. The van der Waals surface area contributed by atoms with Crippen LogP contribution in [0.2, 0.25) is 19.6 Å². The van der Waals surface area contributed by atoms with E-state index in [9.17, 15) is 0 Å². The normalized spacial score (nSPS) is 13.1. The first kappa shape index (κ1) is 22.9. The zero-order chi connectivity index (χ0) is 21.5. The molecule has 1 nitrogen and oxygen atoms in total. The van der Waals surface area contributed by atoms with E-state index in [2.05, 4.69) is 110 Å². The van der Waals surface area contributed by atoms with Crippen molar-refractivity contribution >= 4 is 13.3 Å². The van der Waals surface area contributed by atoms with Crippen LogP contribution in [0.25, 0.3) is 11.3 Å². The lowest BCUT2D eigenvalue weighted by Gasteiger charge is -2.32. The minimum Gasteiger partial charge on any atom is -0.201 e. The first-order chi connectivity index (χ1) is 12.7. The second kappa shape index (κ2) is 7.78. The van der Waals surface area contributed by atoms with Gasteiger partial charge in [0, 0.05) is 17.2 Å². The number of nitrogens with zero attached hydrogens (tertiary/aromatic N) is 1. The SMILES string of the molecule is CCC(C)(CC)c1c[n+](C)c(-c2ccc(C(C)(C)C)cc2C)cc1[Si](C)(C)C. The monoisotopic (exact) mass is 396 g/mol. The third-order valence-electron chi connectivity index (χ3n) is 6.66. The first-order valence-corrected chi connectivity index (χ1v) is 14.4. The van der Waals surface area contributed by atoms with E-state index < -0.39 is 8.07 Å². The fourth-order valence-electron chi connectivity index (χ4n) is 4.07. The molecule has 2 aromatic rings. The molecule has 0 saturated heterocycles. The highest BCUT2D eigenvalue weighted by atomic mass is 28.3. The quantitative estimate of drug-likeness (QED) is 0.406. The number of hydrogen-bond donors (Lipinski definition) is 0. The molecule has 0 amide bonds. The number of pyridine rings is 1. The van der Waals surface area contributed by atoms with Crippen molar-refractivity contribution in [3.8, 4) is 11.3 Å². The minimum atomic E-state index is -1.48. The van der Waals surface area contributed by atoms with Gasteiger partial charge in [-0.2, -0.15) is 0 Å². The Hall–Kier alpha value is -1.41. The molecular formula is C26H42NSi+. The molecule has 2 heteroatoms. The predicted octanol–water partition coefficient (Wildman–Crippen LogP) is 6.41. The molecular weight excluding hydrogens is 354 g/mol. The van der Waals surface area contributed by atoms with E-state index in [0.717, 1.165) is 0 Å². The van der Waals surface area contributed by atoms with Crippen molar-refractivity contribution in [2.24, 2.45) is 7.05 Å². The Balaban J connectivity index is 2.75. The molecule has 1 aromatic heterocycles. The van der Waals surface area contributed by atoms with E-state index >= 15 is 0 Å². The molecule has 1 aromatic carbocycles. The standard InChI is InChI=1S/C26H42NSi/c1-12-26(7,13-2)22-18-27(8)23(17-24(22)28(9,10)11)21-15-14-20(16-19(21)3)25(4,5)6/h14-18H,12-13H2,1-11H3/q+1. The van der Waals surface area contributed by atoms with Crippen molar-refractivity contribution in [1.29, 1.82) is 0 Å². The van der Waals surface area contributed by atoms with Crippen molar-refractivity contribution in [3.63, 3.8) is 0 Å². The lowest BCUT2D eigenvalue weighted by Crippen LogP contribution is -2.48. The van der Waals surface area contributed by atoms with Crippen molar-refractivity contribution in [2.75, 3.05) is 0 Å². The van der Waals surface area contributed by atoms with Crippen LogP contribution in [0.5, 0.6) is 0 Å². The maximum Gasteiger partial charge on any atom is 0.212 e. The summed E-state index contributed by atoms with van der Waals surface area (Å²) in [7, 11) is 0.739. The summed E-state index contributed by atoms with van der Waals surface area (Å²) in [4.78, 5) is 0. The summed E-state index contributed by atoms with van der Waals surface area (Å²) in [6.45, 7) is 23.7. The fraction of sp³-hybridized carbons (Fsp3) is 0.577. The molecule has 0 unspecified atom stereocenters. The predicted molar refractivity (Wildman–Crippen MR) is 127 cm³/mol. The number of aryl methyl sites for hydroxylation is 2. The van der Waals surface area contributed by atoms with E-state index in [1.165, 1.54) is 35.2 Å². The number of aromatic nitrogens is 1. The maximum atomic E-state index is 2.52. The van der Waals surface area contributed by atoms with Gasteiger partial charge in [0.25, 0.3) is 0 Å². The van der Waals surface area contributed by atoms with Crippen LogP contribution in [0.3, 0.4) is 0 Å². The van der Waals surface area contributed by atoms with Crippen LogP contribution in [0.15, 0.2) is 30.5 Å². The van der Waals surface area contributed by atoms with Gasteiger partial charge in [0.05, 0.1) is 8.07 Å². The molecule has 154 valence electrons. The van der Waals surface area contributed by atoms with Crippen LogP contribution in [-0.4, -0.2) is 8.07 Å². The molecule has 0 N–H and O–H groups in total. The Morgan fingerprint density at radius 3 is 1.93 bits per heavy atom. The van der Waals surface area contributed by atoms with Gasteiger partial charge in [-0.3, -0.25) is 0 Å². The van der Waals surface area contributed by atoms with E-state index in [-0.39, 0.29) is 10.8 Å². The van der Waals surface area contributed by atoms with Crippen molar-refractivity contribution in [3.05, 3.63) is 47.2 Å². The zero-order valence-electron chi connectivity index (χ0n) is 20.2. The van der Waals surface area contributed by atoms with Gasteiger partial charge in [-0.1, -0.05) is 73.3 Å². The lowest BCUT2D eigenvalue weighted by atomic mass is 9.78. The fourth-order valence-corrected chi connectivity index (χ4v) is 5.81. The molecule has 0 saturated carbocycles. The van der Waals surface area contributed by atoms with Crippen LogP contribution in [0.4, 0.5) is 0 Å². The lowest BCUT2D eigenvalue weighted by molar-refractivity contribution is -0.660. The number of hydrogen-bond acceptors (Lipinski definition) is 0. The van der Waals surface area contributed by atoms with Gasteiger partial charge in [-0.15, -0.1) is 0 Å². The topological polar surface area (TPSA) is 3.88 Å². The van der Waals surface area contributed by atoms with Gasteiger partial charge >= 0.3 is 0 Å². The molecule has 1 heterocycles. The van der Waals surface area contributed by atoms with E-state index in [1.54, 1.807) is 10.8 Å². The van der Waals surface area contributed by atoms with Gasteiger partial charge in [0.2, 0.25) is 5.69 Å². The Bertz CT molecular complexity index is 846. The van der Waals surface area contributed by atoms with Gasteiger partial charge in [0.1, 0.15) is 7.05 Å². The molecule has 0 bridgehead atoms. The average Bonchev–Trinajstić information content (AvgIpc) is 2.59. The second-order valence-electron chi connectivity index (χ2n) is 10.9. The van der Waals surface area contributed by atoms with Crippen molar-refractivity contribution < 1.29 is 4.57 Å². The van der Waals surface area contributed by atoms with Crippen LogP contribution in [0, 0.1) is 6.92 Å². The number of benzene rings is 1. The van der Waals surface area contributed by atoms with Gasteiger partial charge < -0.3 is 0 Å². The molecule has 28 heavy (non-hydrogen) atoms. The van der Waals surface area contributed by atoms with Crippen LogP contribution < -0.4 is 9.75 Å². The summed E-state index contributed by atoms with van der Waals surface area (Å²) < 4.78 is 2.36. The Labute approximate surface area is 175 Å². The average molecular weight is 397 g/mol. The highest BCUT2D eigenvalue weighted by molar-refractivity contribution is 6.89. The Morgan fingerprint density at radius 1 is 0.929 bits per heavy atom. The second-order valence-corrected chi connectivity index (χ2v) is 15.9. The summed E-state index contributed by atoms with van der Waals surface area (Å²) in [6.07, 6.45) is 4.80. The molecule has 0 fully saturated rings. The minimum absolute atomic E-state index is 0.183. The third kappa shape index (κ3) is 4.43. The van der Waals surface area contributed by atoms with Crippen molar-refractivity contribution in [2.45, 2.75) is 91.8 Å². The van der Waals surface area contributed by atoms with Gasteiger partial charge in [-0.25, -0.2) is 4.57 Å². The largest absolute Gasteiger partial charge is 0.212 e. The summed E-state index contributed by atoms with van der Waals surface area (Å²) in [6, 6.07) is 9.54. The summed E-state index contributed by atoms with van der Waals surface area (Å²) >= 11 is 0. The Morgan fingerprint density at radius 2 is 1.50 bits per heavy atom. The zero-order valence-corrected chi connectivity index (χ0v) is 21.2. The summed E-state index contributed by atoms with van der Waals surface area (Å²) in [5.74, 6) is 0. The van der Waals surface area contributed by atoms with E-state index in [1.807, 2.05) is 0 Å². The van der Waals surface area contributed by atoms with Gasteiger partial charge in [-0.05, 0) is 53.0 Å². The van der Waals surface area contributed by atoms with Crippen molar-refractivity contribution in [1.82, 2.24) is 0 Å². The molecule has 0 spiro atoms. The van der Waals surface area contributed by atoms with E-state index in [4.69, 9.17) is 0 Å².